The van der Waals surface area contributed by atoms with E-state index in [2.05, 4.69) is 20.4 Å². The van der Waals surface area contributed by atoms with E-state index in [1.165, 1.54) is 12.4 Å². The lowest BCUT2D eigenvalue weighted by Crippen LogP contribution is -2.32. The van der Waals surface area contributed by atoms with E-state index in [1.807, 2.05) is 30.3 Å². The first-order valence-corrected chi connectivity index (χ1v) is 7.86. The number of fused-ring (bicyclic) bond motifs is 1. The Kier molecular flexibility index (Phi) is 5.10. The molecule has 0 spiro atoms. The minimum Gasteiger partial charge on any atom is -0.396 e. The van der Waals surface area contributed by atoms with Gasteiger partial charge in [0.25, 0.3) is 17.2 Å². The number of rotatable bonds is 6. The van der Waals surface area contributed by atoms with E-state index in [0.717, 1.165) is 10.1 Å². The van der Waals surface area contributed by atoms with Gasteiger partial charge in [0.15, 0.2) is 0 Å². The predicted octanol–water partition coefficient (Wildman–Crippen LogP) is 0.339. The van der Waals surface area contributed by atoms with E-state index in [1.54, 1.807) is 0 Å². The van der Waals surface area contributed by atoms with Crippen LogP contribution >= 0.6 is 0 Å². The highest BCUT2D eigenvalue weighted by Gasteiger charge is 2.14. The topological polar surface area (TPSA) is 109 Å². The summed E-state index contributed by atoms with van der Waals surface area (Å²) in [6.07, 6.45) is 3.71. The molecule has 0 fully saturated rings. The van der Waals surface area contributed by atoms with Gasteiger partial charge in [-0.1, -0.05) is 30.3 Å². The van der Waals surface area contributed by atoms with Gasteiger partial charge in [0, 0.05) is 19.3 Å². The second-order valence-electron chi connectivity index (χ2n) is 5.43. The number of benzene rings is 1. The molecule has 128 valence electrons. The minimum atomic E-state index is -0.575. The summed E-state index contributed by atoms with van der Waals surface area (Å²) in [6, 6.07) is 9.39. The number of aliphatic hydroxyl groups excluding tert-OH is 1. The molecule has 1 aromatic carbocycles. The Morgan fingerprint density at radius 3 is 2.68 bits per heavy atom. The summed E-state index contributed by atoms with van der Waals surface area (Å²) in [4.78, 5) is 32.9. The third-order valence-electron chi connectivity index (χ3n) is 3.61. The van der Waals surface area contributed by atoms with Crippen LogP contribution < -0.4 is 10.9 Å². The Labute approximate surface area is 143 Å². The van der Waals surface area contributed by atoms with Crippen LogP contribution in [0.1, 0.15) is 28.0 Å². The van der Waals surface area contributed by atoms with Crippen LogP contribution in [-0.2, 0) is 13.0 Å². The molecule has 2 aromatic heterocycles. The van der Waals surface area contributed by atoms with Crippen LogP contribution in [0.3, 0.4) is 0 Å². The van der Waals surface area contributed by atoms with Crippen LogP contribution in [0.5, 0.6) is 0 Å². The zero-order chi connectivity index (χ0) is 17.6. The lowest BCUT2D eigenvalue weighted by Gasteiger charge is -2.06. The summed E-state index contributed by atoms with van der Waals surface area (Å²) < 4.78 is 1.02. The molecule has 0 aliphatic rings. The van der Waals surface area contributed by atoms with Gasteiger partial charge in [-0.15, -0.1) is 0 Å². The molecule has 0 bridgehead atoms. The molecule has 0 saturated heterocycles. The smallest absolute Gasteiger partial charge is 0.288 e. The Hall–Kier alpha value is -3.13. The fraction of sp³-hybridized carbons (Fsp3) is 0.235. The molecule has 0 atom stereocenters. The van der Waals surface area contributed by atoms with Crippen molar-refractivity contribution < 1.29 is 9.90 Å². The number of hydrogen-bond donors (Lipinski definition) is 2. The molecule has 0 unspecified atom stereocenters. The van der Waals surface area contributed by atoms with Crippen LogP contribution in [0.15, 0.2) is 47.5 Å². The van der Waals surface area contributed by atoms with E-state index >= 15 is 0 Å². The quantitative estimate of drug-likeness (QED) is 0.670. The van der Waals surface area contributed by atoms with Gasteiger partial charge in [0.1, 0.15) is 5.56 Å². The molecule has 2 N–H and O–H groups in total. The number of nitrogens with one attached hydrogen (secondary N) is 1. The summed E-state index contributed by atoms with van der Waals surface area (Å²) in [7, 11) is 0. The number of aromatic nitrogens is 4. The first-order valence-electron chi connectivity index (χ1n) is 7.86. The van der Waals surface area contributed by atoms with Crippen molar-refractivity contribution in [1.82, 2.24) is 24.9 Å². The van der Waals surface area contributed by atoms with Gasteiger partial charge in [-0.3, -0.25) is 9.59 Å². The summed E-state index contributed by atoms with van der Waals surface area (Å²) in [5.74, 6) is -0.393. The highest BCUT2D eigenvalue weighted by Crippen LogP contribution is 2.01. The average molecular weight is 339 g/mol. The Bertz CT molecular complexity index is 940. The van der Waals surface area contributed by atoms with Gasteiger partial charge in [-0.2, -0.15) is 9.61 Å². The van der Waals surface area contributed by atoms with E-state index in [0.29, 0.717) is 25.1 Å². The van der Waals surface area contributed by atoms with Crippen molar-refractivity contribution in [3.63, 3.8) is 0 Å². The molecular formula is C17H17N5O3. The van der Waals surface area contributed by atoms with Crippen molar-refractivity contribution in [2.24, 2.45) is 0 Å². The number of carbonyl (C=O) groups is 1. The van der Waals surface area contributed by atoms with Crippen molar-refractivity contribution in [3.8, 4) is 0 Å². The summed E-state index contributed by atoms with van der Waals surface area (Å²) >= 11 is 0. The Balaban J connectivity index is 1.84. The Morgan fingerprint density at radius 2 is 1.92 bits per heavy atom. The zero-order valence-corrected chi connectivity index (χ0v) is 13.4. The number of aryl methyl sites for hydroxylation is 1. The standard InChI is InChI=1S/C17H17N5O3/c23-8-4-7-13-10-19-17-20-11-14(16(25)22(17)21-13)15(24)18-9-12-5-2-1-3-6-12/h1-3,5-6,10-11,23H,4,7-9H2,(H,18,24). The number of hydrogen-bond acceptors (Lipinski definition) is 6. The number of carbonyl (C=O) groups excluding carboxylic acids is 1. The van der Waals surface area contributed by atoms with Crippen LogP contribution in [0.25, 0.3) is 5.78 Å². The van der Waals surface area contributed by atoms with Crippen molar-refractivity contribution >= 4 is 11.7 Å². The normalized spacial score (nSPS) is 10.8. The second kappa shape index (κ2) is 7.63. The first kappa shape index (κ1) is 16.7. The van der Waals surface area contributed by atoms with Gasteiger partial charge in [0.05, 0.1) is 11.9 Å². The van der Waals surface area contributed by atoms with Crippen LogP contribution in [0.2, 0.25) is 0 Å². The van der Waals surface area contributed by atoms with Gasteiger partial charge >= 0.3 is 0 Å². The molecule has 3 aromatic rings. The highest BCUT2D eigenvalue weighted by atomic mass is 16.3. The fourth-order valence-corrected chi connectivity index (χ4v) is 2.31. The largest absolute Gasteiger partial charge is 0.396 e. The summed E-state index contributed by atoms with van der Waals surface area (Å²) in [5.41, 5.74) is 0.805. The fourth-order valence-electron chi connectivity index (χ4n) is 2.31. The highest BCUT2D eigenvalue weighted by molar-refractivity contribution is 5.93. The Morgan fingerprint density at radius 1 is 1.16 bits per heavy atom. The van der Waals surface area contributed by atoms with E-state index < -0.39 is 11.5 Å². The molecule has 2 heterocycles. The maximum Gasteiger partial charge on any atom is 0.288 e. The van der Waals surface area contributed by atoms with Crippen molar-refractivity contribution in [1.29, 1.82) is 0 Å². The summed E-state index contributed by atoms with van der Waals surface area (Å²) in [6.45, 7) is 0.332. The molecule has 0 radical (unpaired) electrons. The molecule has 8 heteroatoms. The molecule has 0 aliphatic heterocycles. The maximum absolute atomic E-state index is 12.5. The average Bonchev–Trinajstić information content (AvgIpc) is 2.66. The molecule has 25 heavy (non-hydrogen) atoms. The molecule has 0 aliphatic carbocycles. The van der Waals surface area contributed by atoms with E-state index in [-0.39, 0.29) is 17.9 Å². The van der Waals surface area contributed by atoms with Gasteiger partial charge in [-0.05, 0) is 18.4 Å². The first-order chi connectivity index (χ1) is 12.2. The van der Waals surface area contributed by atoms with Gasteiger partial charge < -0.3 is 10.4 Å². The molecular weight excluding hydrogens is 322 g/mol. The SMILES string of the molecule is O=C(NCc1ccccc1)c1cnc2ncc(CCCO)nn2c1=O. The maximum atomic E-state index is 12.5. The monoisotopic (exact) mass is 339 g/mol. The summed E-state index contributed by atoms with van der Waals surface area (Å²) in [5, 5.41) is 15.7. The zero-order valence-electron chi connectivity index (χ0n) is 13.4. The lowest BCUT2D eigenvalue weighted by molar-refractivity contribution is 0.0948. The van der Waals surface area contributed by atoms with Crippen molar-refractivity contribution in [2.45, 2.75) is 19.4 Å². The number of aliphatic hydroxyl groups is 1. The number of nitrogens with zero attached hydrogens (tertiary/aromatic N) is 4. The third kappa shape index (κ3) is 3.86. The molecule has 1 amide bonds. The lowest BCUT2D eigenvalue weighted by atomic mass is 10.2. The molecule has 3 rings (SSSR count). The van der Waals surface area contributed by atoms with Crippen LogP contribution in [0, 0.1) is 0 Å². The van der Waals surface area contributed by atoms with Crippen molar-refractivity contribution in [2.75, 3.05) is 6.61 Å². The third-order valence-corrected chi connectivity index (χ3v) is 3.61. The van der Waals surface area contributed by atoms with Crippen LogP contribution in [0.4, 0.5) is 0 Å². The van der Waals surface area contributed by atoms with E-state index in [9.17, 15) is 9.59 Å². The molecule has 8 nitrogen and oxygen atoms in total. The van der Waals surface area contributed by atoms with Gasteiger partial charge in [0.2, 0.25) is 0 Å². The van der Waals surface area contributed by atoms with Gasteiger partial charge in [-0.25, -0.2) is 9.97 Å². The second-order valence-corrected chi connectivity index (χ2v) is 5.43. The van der Waals surface area contributed by atoms with E-state index in [4.69, 9.17) is 5.11 Å². The predicted molar refractivity (Wildman–Crippen MR) is 90.1 cm³/mol. The van der Waals surface area contributed by atoms with Crippen molar-refractivity contribution in [3.05, 3.63) is 69.9 Å². The minimum absolute atomic E-state index is 0.0226. The number of amides is 1. The van der Waals surface area contributed by atoms with Crippen LogP contribution in [-0.4, -0.2) is 37.2 Å². The molecule has 0 saturated carbocycles.